The number of carbonyl (C=O) groups is 1. The standard InChI is InChI=1S/C31H35N3O4S/c1-4-37-31(35)30-23(2)26-22-25(14-15-29(26)38-30)39(36)34(17-16-24-10-6-5-7-11-24)28-13-9-8-12-27(28)33-20-18-32(3)19-21-33/h5-15,22H,4,16-21H2,1-3H3. The van der Waals surface area contributed by atoms with Crippen LogP contribution in [0, 0.1) is 6.92 Å². The molecule has 0 amide bonds. The molecule has 0 saturated carbocycles. The molecular formula is C31H35N3O4S. The van der Waals surface area contributed by atoms with Gasteiger partial charge in [0.15, 0.2) is 11.0 Å². The number of carbonyl (C=O) groups excluding carboxylic acids is 1. The average Bonchev–Trinajstić information content (AvgIpc) is 3.30. The topological polar surface area (TPSA) is 66.2 Å². The van der Waals surface area contributed by atoms with Gasteiger partial charge in [0.1, 0.15) is 5.58 Å². The Morgan fingerprint density at radius 2 is 1.72 bits per heavy atom. The van der Waals surface area contributed by atoms with Gasteiger partial charge in [-0.3, -0.25) is 4.31 Å². The first-order chi connectivity index (χ1) is 19.0. The summed E-state index contributed by atoms with van der Waals surface area (Å²) in [5.41, 5.74) is 4.50. The third kappa shape index (κ3) is 5.87. The molecule has 0 radical (unpaired) electrons. The van der Waals surface area contributed by atoms with Gasteiger partial charge in [-0.1, -0.05) is 42.5 Å². The van der Waals surface area contributed by atoms with Crippen molar-refractivity contribution >= 4 is 39.3 Å². The molecule has 2 heterocycles. The van der Waals surface area contributed by atoms with E-state index in [9.17, 15) is 9.00 Å². The zero-order valence-electron chi connectivity index (χ0n) is 22.8. The molecule has 3 aromatic carbocycles. The molecule has 0 N–H and O–H groups in total. The largest absolute Gasteiger partial charge is 0.460 e. The van der Waals surface area contributed by atoms with E-state index in [1.165, 1.54) is 5.56 Å². The van der Waals surface area contributed by atoms with Crippen LogP contribution in [0.25, 0.3) is 11.0 Å². The van der Waals surface area contributed by atoms with Gasteiger partial charge in [0.25, 0.3) is 0 Å². The number of rotatable bonds is 9. The Labute approximate surface area is 232 Å². The van der Waals surface area contributed by atoms with Gasteiger partial charge in [-0.05, 0) is 63.2 Å². The molecule has 0 bridgehead atoms. The number of aryl methyl sites for hydroxylation is 1. The van der Waals surface area contributed by atoms with Gasteiger partial charge in [-0.2, -0.15) is 0 Å². The van der Waals surface area contributed by atoms with Gasteiger partial charge < -0.3 is 19.0 Å². The number of ether oxygens (including phenoxy) is 1. The lowest BCUT2D eigenvalue weighted by Gasteiger charge is -2.37. The summed E-state index contributed by atoms with van der Waals surface area (Å²) in [6.07, 6.45) is 0.754. The first-order valence-corrected chi connectivity index (χ1v) is 14.5. The van der Waals surface area contributed by atoms with Crippen molar-refractivity contribution in [1.82, 2.24) is 4.90 Å². The van der Waals surface area contributed by atoms with Crippen LogP contribution in [-0.4, -0.2) is 61.5 Å². The monoisotopic (exact) mass is 545 g/mol. The highest BCUT2D eigenvalue weighted by Gasteiger charge is 2.25. The molecule has 1 saturated heterocycles. The molecule has 0 aliphatic carbocycles. The van der Waals surface area contributed by atoms with E-state index < -0.39 is 17.0 Å². The predicted octanol–water partition coefficient (Wildman–Crippen LogP) is 5.44. The fraction of sp³-hybridized carbons (Fsp3) is 0.323. The smallest absolute Gasteiger partial charge is 0.374 e. The summed E-state index contributed by atoms with van der Waals surface area (Å²) < 4.78 is 27.3. The molecule has 5 rings (SSSR count). The number of likely N-dealkylation sites (N-methyl/N-ethyl adjacent to an activating group) is 1. The van der Waals surface area contributed by atoms with Crippen molar-refractivity contribution in [2.75, 3.05) is 55.6 Å². The molecule has 8 heteroatoms. The number of furan rings is 1. The lowest BCUT2D eigenvalue weighted by molar-refractivity contribution is 0.0491. The highest BCUT2D eigenvalue weighted by atomic mass is 32.2. The molecule has 4 aromatic rings. The van der Waals surface area contributed by atoms with Crippen LogP contribution in [0.15, 0.2) is 82.1 Å². The first kappa shape index (κ1) is 27.0. The van der Waals surface area contributed by atoms with Crippen molar-refractivity contribution in [1.29, 1.82) is 0 Å². The Kier molecular flexibility index (Phi) is 8.33. The van der Waals surface area contributed by atoms with Crippen LogP contribution in [-0.2, 0) is 22.1 Å². The van der Waals surface area contributed by atoms with Gasteiger partial charge in [0.2, 0.25) is 5.76 Å². The molecule has 0 spiro atoms. The molecule has 1 atom stereocenters. The van der Waals surface area contributed by atoms with Crippen LogP contribution in [0.3, 0.4) is 0 Å². The lowest BCUT2D eigenvalue weighted by Crippen LogP contribution is -2.45. The van der Waals surface area contributed by atoms with Gasteiger partial charge in [0, 0.05) is 43.7 Å². The van der Waals surface area contributed by atoms with Gasteiger partial charge >= 0.3 is 5.97 Å². The molecule has 1 unspecified atom stereocenters. The quantitative estimate of drug-likeness (QED) is 0.261. The second-order valence-electron chi connectivity index (χ2n) is 9.80. The second kappa shape index (κ2) is 12.1. The van der Waals surface area contributed by atoms with Gasteiger partial charge in [0.05, 0.1) is 22.9 Å². The number of anilines is 2. The first-order valence-electron chi connectivity index (χ1n) is 13.4. The van der Waals surface area contributed by atoms with E-state index in [1.807, 2.05) is 53.7 Å². The number of esters is 1. The summed E-state index contributed by atoms with van der Waals surface area (Å²) in [6.45, 7) is 8.27. The number of hydrogen-bond donors (Lipinski definition) is 0. The fourth-order valence-electron chi connectivity index (χ4n) is 4.99. The highest BCUT2D eigenvalue weighted by molar-refractivity contribution is 7.86. The number of piperazine rings is 1. The van der Waals surface area contributed by atoms with Crippen molar-refractivity contribution in [2.45, 2.75) is 25.2 Å². The van der Waals surface area contributed by atoms with Crippen LogP contribution < -0.4 is 9.21 Å². The van der Waals surface area contributed by atoms with Crippen LogP contribution in [0.4, 0.5) is 11.4 Å². The lowest BCUT2D eigenvalue weighted by atomic mass is 10.1. The number of benzene rings is 3. The van der Waals surface area contributed by atoms with Crippen LogP contribution in [0.1, 0.15) is 28.6 Å². The summed E-state index contributed by atoms with van der Waals surface area (Å²) in [5, 5.41) is 0.763. The van der Waals surface area contributed by atoms with Crippen LogP contribution in [0.5, 0.6) is 0 Å². The van der Waals surface area contributed by atoms with Crippen molar-refractivity contribution in [3.63, 3.8) is 0 Å². The Morgan fingerprint density at radius 3 is 2.46 bits per heavy atom. The van der Waals surface area contributed by atoms with Crippen molar-refractivity contribution in [3.05, 3.63) is 89.7 Å². The van der Waals surface area contributed by atoms with E-state index in [-0.39, 0.29) is 12.4 Å². The summed E-state index contributed by atoms with van der Waals surface area (Å²) >= 11 is 0. The van der Waals surface area contributed by atoms with Crippen molar-refractivity contribution in [3.8, 4) is 0 Å². The minimum absolute atomic E-state index is 0.191. The highest BCUT2D eigenvalue weighted by Crippen LogP contribution is 2.34. The molecule has 1 aliphatic heterocycles. The number of para-hydroxylation sites is 2. The Morgan fingerprint density at radius 1 is 1.00 bits per heavy atom. The number of nitrogens with zero attached hydrogens (tertiary/aromatic N) is 3. The minimum Gasteiger partial charge on any atom is -0.460 e. The zero-order valence-corrected chi connectivity index (χ0v) is 23.6. The van der Waals surface area contributed by atoms with E-state index >= 15 is 0 Å². The summed E-state index contributed by atoms with van der Waals surface area (Å²) in [5.74, 6) is -0.296. The average molecular weight is 546 g/mol. The van der Waals surface area contributed by atoms with E-state index in [1.54, 1.807) is 13.0 Å². The third-order valence-corrected chi connectivity index (χ3v) is 8.65. The van der Waals surface area contributed by atoms with Gasteiger partial charge in [-0.25, -0.2) is 9.00 Å². The van der Waals surface area contributed by atoms with Crippen LogP contribution in [0.2, 0.25) is 0 Å². The molecular weight excluding hydrogens is 510 g/mol. The van der Waals surface area contributed by atoms with Crippen molar-refractivity contribution in [2.24, 2.45) is 0 Å². The maximum Gasteiger partial charge on any atom is 0.374 e. The minimum atomic E-state index is -1.50. The van der Waals surface area contributed by atoms with Crippen molar-refractivity contribution < 1.29 is 18.2 Å². The maximum atomic E-state index is 14.3. The molecule has 39 heavy (non-hydrogen) atoms. The van der Waals surface area contributed by atoms with Crippen LogP contribution >= 0.6 is 0 Å². The summed E-state index contributed by atoms with van der Waals surface area (Å²) in [4.78, 5) is 17.8. The zero-order chi connectivity index (χ0) is 27.4. The number of fused-ring (bicyclic) bond motifs is 1. The summed E-state index contributed by atoms with van der Waals surface area (Å²) in [7, 11) is 0.646. The molecule has 1 aromatic heterocycles. The van der Waals surface area contributed by atoms with Gasteiger partial charge in [-0.15, -0.1) is 0 Å². The van der Waals surface area contributed by atoms with E-state index in [0.717, 1.165) is 49.4 Å². The molecule has 204 valence electrons. The number of hydrogen-bond acceptors (Lipinski definition) is 6. The fourth-order valence-corrected chi connectivity index (χ4v) is 6.23. The van der Waals surface area contributed by atoms with E-state index in [4.69, 9.17) is 9.15 Å². The maximum absolute atomic E-state index is 14.3. The second-order valence-corrected chi connectivity index (χ2v) is 11.2. The summed E-state index contributed by atoms with van der Waals surface area (Å²) in [6, 6.07) is 24.0. The molecule has 1 fully saturated rings. The Bertz CT molecular complexity index is 1460. The predicted molar refractivity (Wildman–Crippen MR) is 157 cm³/mol. The molecule has 1 aliphatic rings. The molecule has 7 nitrogen and oxygen atoms in total. The normalized spacial score (nSPS) is 14.9. The Balaban J connectivity index is 1.52. The SMILES string of the molecule is CCOC(=O)c1oc2ccc(S(=O)N(CCc3ccccc3)c3ccccc3N3CCN(C)CC3)cc2c1C. The Hall–Kier alpha value is -3.62. The third-order valence-electron chi connectivity index (χ3n) is 7.21. The van der Waals surface area contributed by atoms with E-state index in [0.29, 0.717) is 22.6 Å². The van der Waals surface area contributed by atoms with E-state index in [2.05, 4.69) is 41.1 Å².